The molecule has 5 nitrogen and oxygen atoms in total. The molecule has 1 amide bonds. The number of hydrogen-bond donors (Lipinski definition) is 2. The SMILES string of the molecule is CN(C)[C@@H]1C[C@@H]2CN(C(=O)c3cc4ccccc4cc3O)C[C@@H]2C[C@H]1O. The first kappa shape index (κ1) is 17.3. The molecule has 5 heteroatoms. The van der Waals surface area contributed by atoms with Crippen molar-refractivity contribution in [1.82, 2.24) is 9.80 Å². The Morgan fingerprint density at radius 1 is 1.08 bits per heavy atom. The molecule has 1 aliphatic heterocycles. The van der Waals surface area contributed by atoms with Crippen LogP contribution in [0.3, 0.4) is 0 Å². The Kier molecular flexibility index (Phi) is 4.37. The molecule has 2 aromatic rings. The van der Waals surface area contributed by atoms with E-state index in [-0.39, 0.29) is 23.8 Å². The first-order valence-electron chi connectivity index (χ1n) is 9.29. The Morgan fingerprint density at radius 2 is 1.69 bits per heavy atom. The third kappa shape index (κ3) is 2.95. The molecule has 0 radical (unpaired) electrons. The monoisotopic (exact) mass is 354 g/mol. The molecule has 2 aliphatic rings. The Balaban J connectivity index is 1.56. The maximum atomic E-state index is 13.0. The summed E-state index contributed by atoms with van der Waals surface area (Å²) in [6.07, 6.45) is 1.31. The first-order chi connectivity index (χ1) is 12.4. The highest BCUT2D eigenvalue weighted by Crippen LogP contribution is 2.39. The minimum atomic E-state index is -0.338. The fourth-order valence-electron chi connectivity index (χ4n) is 4.70. The number of hydrogen-bond acceptors (Lipinski definition) is 4. The van der Waals surface area contributed by atoms with Crippen molar-refractivity contribution in [3.05, 3.63) is 42.0 Å². The van der Waals surface area contributed by atoms with E-state index in [0.29, 0.717) is 30.5 Å². The van der Waals surface area contributed by atoms with Gasteiger partial charge in [-0.1, -0.05) is 24.3 Å². The van der Waals surface area contributed by atoms with Gasteiger partial charge in [-0.3, -0.25) is 4.79 Å². The van der Waals surface area contributed by atoms with Crippen LogP contribution in [0, 0.1) is 11.8 Å². The summed E-state index contributed by atoms with van der Waals surface area (Å²) in [6.45, 7) is 1.36. The summed E-state index contributed by atoms with van der Waals surface area (Å²) in [7, 11) is 4.00. The van der Waals surface area contributed by atoms with Gasteiger partial charge in [0.2, 0.25) is 0 Å². The van der Waals surface area contributed by atoms with Gasteiger partial charge in [0.05, 0.1) is 11.7 Å². The van der Waals surface area contributed by atoms with Crippen LogP contribution in [0.15, 0.2) is 36.4 Å². The van der Waals surface area contributed by atoms with Crippen molar-refractivity contribution in [2.24, 2.45) is 11.8 Å². The number of nitrogens with zero attached hydrogens (tertiary/aromatic N) is 2. The number of rotatable bonds is 2. The zero-order valence-corrected chi connectivity index (χ0v) is 15.3. The molecular weight excluding hydrogens is 328 g/mol. The van der Waals surface area contributed by atoms with Crippen LogP contribution < -0.4 is 0 Å². The second kappa shape index (κ2) is 6.56. The molecule has 2 fully saturated rings. The molecule has 4 atom stereocenters. The predicted octanol–water partition coefficient (Wildman–Crippen LogP) is 2.32. The number of carbonyl (C=O) groups is 1. The van der Waals surface area contributed by atoms with Crippen LogP contribution in [0.25, 0.3) is 10.8 Å². The number of phenols is 1. The number of benzene rings is 2. The largest absolute Gasteiger partial charge is 0.507 e. The number of amides is 1. The third-order valence-corrected chi connectivity index (χ3v) is 6.15. The molecule has 0 aromatic heterocycles. The van der Waals surface area contributed by atoms with Crippen molar-refractivity contribution in [2.45, 2.75) is 25.0 Å². The van der Waals surface area contributed by atoms with Crippen LogP contribution >= 0.6 is 0 Å². The highest BCUT2D eigenvalue weighted by molar-refractivity contribution is 6.01. The van der Waals surface area contributed by atoms with Gasteiger partial charge in [-0.05, 0) is 61.7 Å². The molecule has 138 valence electrons. The summed E-state index contributed by atoms with van der Waals surface area (Å²) in [6, 6.07) is 11.3. The number of likely N-dealkylation sites (N-methyl/N-ethyl adjacent to an activating group) is 1. The van der Waals surface area contributed by atoms with E-state index >= 15 is 0 Å². The Labute approximate surface area is 153 Å². The van der Waals surface area contributed by atoms with E-state index in [4.69, 9.17) is 0 Å². The fourth-order valence-corrected chi connectivity index (χ4v) is 4.70. The van der Waals surface area contributed by atoms with Gasteiger partial charge in [0.1, 0.15) is 5.75 Å². The quantitative estimate of drug-likeness (QED) is 0.869. The van der Waals surface area contributed by atoms with Crippen molar-refractivity contribution < 1.29 is 15.0 Å². The lowest BCUT2D eigenvalue weighted by atomic mass is 9.77. The lowest BCUT2D eigenvalue weighted by Crippen LogP contribution is -2.46. The summed E-state index contributed by atoms with van der Waals surface area (Å²) in [4.78, 5) is 17.0. The van der Waals surface area contributed by atoms with Gasteiger partial charge in [0.15, 0.2) is 0 Å². The van der Waals surface area contributed by atoms with Gasteiger partial charge in [-0.2, -0.15) is 0 Å². The number of likely N-dealkylation sites (tertiary alicyclic amines) is 1. The van der Waals surface area contributed by atoms with Gasteiger partial charge in [0.25, 0.3) is 5.91 Å². The van der Waals surface area contributed by atoms with Crippen LogP contribution in [0.5, 0.6) is 5.75 Å². The summed E-state index contributed by atoms with van der Waals surface area (Å²) in [5.74, 6) is 0.679. The molecule has 26 heavy (non-hydrogen) atoms. The van der Waals surface area contributed by atoms with E-state index in [0.717, 1.165) is 23.6 Å². The smallest absolute Gasteiger partial charge is 0.257 e. The molecular formula is C21H26N2O3. The van der Waals surface area contributed by atoms with Crippen LogP contribution in [0.2, 0.25) is 0 Å². The molecule has 2 N–H and O–H groups in total. The number of aliphatic hydroxyl groups excluding tert-OH is 1. The van der Waals surface area contributed by atoms with Gasteiger partial charge >= 0.3 is 0 Å². The van der Waals surface area contributed by atoms with Crippen LogP contribution in [0.1, 0.15) is 23.2 Å². The van der Waals surface area contributed by atoms with Crippen molar-refractivity contribution in [3.63, 3.8) is 0 Å². The average molecular weight is 354 g/mol. The van der Waals surface area contributed by atoms with Crippen molar-refractivity contribution in [3.8, 4) is 5.75 Å². The van der Waals surface area contributed by atoms with Crippen molar-refractivity contribution >= 4 is 16.7 Å². The summed E-state index contributed by atoms with van der Waals surface area (Å²) in [5, 5.41) is 22.6. The van der Waals surface area contributed by atoms with E-state index in [1.807, 2.05) is 43.3 Å². The number of aromatic hydroxyl groups is 1. The molecule has 2 aromatic carbocycles. The number of phenolic OH excluding ortho intramolecular Hbond substituents is 1. The van der Waals surface area contributed by atoms with Crippen molar-refractivity contribution in [1.29, 1.82) is 0 Å². The Morgan fingerprint density at radius 3 is 2.35 bits per heavy atom. The standard InChI is InChI=1S/C21H26N2O3/c1-22(2)18-8-15-11-23(12-16(15)10-20(18)25)21(26)17-7-13-5-3-4-6-14(13)9-19(17)24/h3-7,9,15-16,18,20,24-25H,8,10-12H2,1-2H3/t15-,16+,18-,20-/m1/s1. The predicted molar refractivity (Wildman–Crippen MR) is 101 cm³/mol. The Hall–Kier alpha value is -2.11. The molecule has 0 bridgehead atoms. The highest BCUT2D eigenvalue weighted by Gasteiger charge is 2.43. The molecule has 0 unspecified atom stereocenters. The molecule has 1 aliphatic carbocycles. The van der Waals surface area contributed by atoms with E-state index in [2.05, 4.69) is 4.90 Å². The van der Waals surface area contributed by atoms with Gasteiger partial charge in [0, 0.05) is 19.1 Å². The van der Waals surface area contributed by atoms with E-state index in [1.54, 1.807) is 12.1 Å². The first-order valence-corrected chi connectivity index (χ1v) is 9.29. The average Bonchev–Trinajstić information content (AvgIpc) is 3.02. The van der Waals surface area contributed by atoms with Crippen LogP contribution in [-0.2, 0) is 0 Å². The van der Waals surface area contributed by atoms with Gasteiger partial charge < -0.3 is 20.0 Å². The van der Waals surface area contributed by atoms with Crippen LogP contribution in [-0.4, -0.2) is 65.3 Å². The molecule has 0 spiro atoms. The number of fused-ring (bicyclic) bond motifs is 2. The van der Waals surface area contributed by atoms with Crippen LogP contribution in [0.4, 0.5) is 0 Å². The second-order valence-corrected chi connectivity index (χ2v) is 8.02. The highest BCUT2D eigenvalue weighted by atomic mass is 16.3. The minimum Gasteiger partial charge on any atom is -0.507 e. The molecule has 1 saturated carbocycles. The molecule has 4 rings (SSSR count). The summed E-state index contributed by atoms with van der Waals surface area (Å²) in [5.41, 5.74) is 0.368. The lowest BCUT2D eigenvalue weighted by Gasteiger charge is -2.38. The third-order valence-electron chi connectivity index (χ3n) is 6.15. The normalized spacial score (nSPS) is 28.5. The molecule has 1 heterocycles. The summed E-state index contributed by atoms with van der Waals surface area (Å²) < 4.78 is 0. The van der Waals surface area contributed by atoms with E-state index in [9.17, 15) is 15.0 Å². The second-order valence-electron chi connectivity index (χ2n) is 8.02. The zero-order valence-electron chi connectivity index (χ0n) is 15.3. The minimum absolute atomic E-state index is 0.0368. The lowest BCUT2D eigenvalue weighted by molar-refractivity contribution is 0.00940. The number of aliphatic hydroxyl groups is 1. The zero-order chi connectivity index (χ0) is 18.4. The maximum Gasteiger partial charge on any atom is 0.257 e. The number of carbonyl (C=O) groups excluding carboxylic acids is 1. The molecule has 1 saturated heterocycles. The van der Waals surface area contributed by atoms with Gasteiger partial charge in [-0.15, -0.1) is 0 Å². The van der Waals surface area contributed by atoms with E-state index in [1.165, 1.54) is 0 Å². The maximum absolute atomic E-state index is 13.0. The summed E-state index contributed by atoms with van der Waals surface area (Å²) >= 11 is 0. The van der Waals surface area contributed by atoms with Crippen molar-refractivity contribution in [2.75, 3.05) is 27.2 Å². The Bertz CT molecular complexity index is 835. The van der Waals surface area contributed by atoms with Gasteiger partial charge in [-0.25, -0.2) is 0 Å². The fraction of sp³-hybridized carbons (Fsp3) is 0.476. The van der Waals surface area contributed by atoms with E-state index < -0.39 is 0 Å². The topological polar surface area (TPSA) is 64.0 Å².